The predicted octanol–water partition coefficient (Wildman–Crippen LogP) is 1.46. The summed E-state index contributed by atoms with van der Waals surface area (Å²) in [7, 11) is 1.28. The highest BCUT2D eigenvalue weighted by Crippen LogP contribution is 2.35. The number of nitrogens with zero attached hydrogens (tertiary/aromatic N) is 1. The van der Waals surface area contributed by atoms with Gasteiger partial charge in [0, 0.05) is 4.47 Å². The second kappa shape index (κ2) is 4.26. The van der Waals surface area contributed by atoms with Crippen molar-refractivity contribution in [2.45, 2.75) is 0 Å². The molecule has 80 valence electrons. The monoisotopic (exact) mass is 274 g/mol. The first-order chi connectivity index (χ1) is 6.99. The van der Waals surface area contributed by atoms with Gasteiger partial charge in [0.1, 0.15) is 5.56 Å². The molecule has 1 rings (SSSR count). The third-order valence-electron chi connectivity index (χ3n) is 1.74. The van der Waals surface area contributed by atoms with Gasteiger partial charge in [0.25, 0.3) is 5.91 Å². The quantitative estimate of drug-likeness (QED) is 0.667. The van der Waals surface area contributed by atoms with Crippen molar-refractivity contribution >= 4 is 27.5 Å². The lowest BCUT2D eigenvalue weighted by atomic mass is 10.1. The number of carbonyl (C=O) groups excluding carboxylic acids is 1. The minimum atomic E-state index is -0.882. The molecule has 0 aliphatic heterocycles. The van der Waals surface area contributed by atoms with Crippen LogP contribution in [0.3, 0.4) is 0 Å². The van der Waals surface area contributed by atoms with Crippen molar-refractivity contribution in [2.24, 2.45) is 5.73 Å². The van der Waals surface area contributed by atoms with Gasteiger partial charge in [-0.2, -0.15) is 0 Å². The Bertz CT molecular complexity index is 433. The van der Waals surface area contributed by atoms with E-state index in [0.717, 1.165) is 0 Å². The highest BCUT2D eigenvalue weighted by atomic mass is 79.9. The molecule has 15 heavy (non-hydrogen) atoms. The number of amides is 1. The van der Waals surface area contributed by atoms with Gasteiger partial charge in [-0.1, -0.05) is 0 Å². The summed E-state index contributed by atoms with van der Waals surface area (Å²) < 4.78 is 5.05. The Morgan fingerprint density at radius 1 is 1.60 bits per heavy atom. The van der Waals surface area contributed by atoms with Crippen LogP contribution in [-0.4, -0.2) is 17.9 Å². The summed E-state index contributed by atoms with van der Waals surface area (Å²) in [6, 6.07) is 2.85. The molecule has 0 bridgehead atoms. The number of hydrogen-bond donors (Lipinski definition) is 1. The fourth-order valence-corrected chi connectivity index (χ4v) is 1.64. The smallest absolute Gasteiger partial charge is 0.324 e. The molecule has 0 unspecified atom stereocenters. The van der Waals surface area contributed by atoms with E-state index in [2.05, 4.69) is 15.9 Å². The molecule has 0 aliphatic rings. The lowest BCUT2D eigenvalue weighted by Crippen LogP contribution is -2.14. The first-order valence-corrected chi connectivity index (χ1v) is 4.59. The summed E-state index contributed by atoms with van der Waals surface area (Å²) in [6.07, 6.45) is 0. The van der Waals surface area contributed by atoms with Crippen LogP contribution in [0.15, 0.2) is 16.6 Å². The minimum absolute atomic E-state index is 0.00278. The molecule has 0 atom stereocenters. The van der Waals surface area contributed by atoms with Gasteiger partial charge < -0.3 is 10.5 Å². The van der Waals surface area contributed by atoms with Gasteiger partial charge in [-0.15, -0.1) is 0 Å². The van der Waals surface area contributed by atoms with E-state index in [4.69, 9.17) is 10.5 Å². The third kappa shape index (κ3) is 2.07. The van der Waals surface area contributed by atoms with E-state index in [-0.39, 0.29) is 15.8 Å². The van der Waals surface area contributed by atoms with Crippen LogP contribution in [0.1, 0.15) is 10.4 Å². The molecule has 0 fully saturated rings. The highest BCUT2D eigenvalue weighted by Gasteiger charge is 2.26. The van der Waals surface area contributed by atoms with Crippen molar-refractivity contribution in [3.8, 4) is 5.75 Å². The fourth-order valence-electron chi connectivity index (χ4n) is 1.13. The van der Waals surface area contributed by atoms with Crippen molar-refractivity contribution in [3.63, 3.8) is 0 Å². The van der Waals surface area contributed by atoms with Crippen molar-refractivity contribution in [2.75, 3.05) is 7.11 Å². The standard InChI is InChI=1S/C8H7BrN2O4/c1-15-5-3-2-4(9)6(8(10)12)7(5)11(13)14/h2-3H,1H3,(H2,10,12). The lowest BCUT2D eigenvalue weighted by Gasteiger charge is -2.06. The van der Waals surface area contributed by atoms with Crippen LogP contribution in [0, 0.1) is 10.1 Å². The molecule has 6 nitrogen and oxygen atoms in total. The molecule has 1 aromatic carbocycles. The van der Waals surface area contributed by atoms with Crippen molar-refractivity contribution in [1.82, 2.24) is 0 Å². The largest absolute Gasteiger partial charge is 0.490 e. The summed E-state index contributed by atoms with van der Waals surface area (Å²) in [5, 5.41) is 10.8. The topological polar surface area (TPSA) is 95.5 Å². The Morgan fingerprint density at radius 3 is 2.60 bits per heavy atom. The molecule has 0 saturated heterocycles. The summed E-state index contributed by atoms with van der Waals surface area (Å²) in [6.45, 7) is 0. The Balaban J connectivity index is 3.58. The zero-order valence-corrected chi connectivity index (χ0v) is 9.28. The van der Waals surface area contributed by atoms with Gasteiger partial charge in [-0.3, -0.25) is 14.9 Å². The van der Waals surface area contributed by atoms with Gasteiger partial charge in [-0.25, -0.2) is 0 Å². The molecule has 1 aromatic rings. The van der Waals surface area contributed by atoms with Crippen LogP contribution in [0.25, 0.3) is 0 Å². The molecular formula is C8H7BrN2O4. The molecule has 1 amide bonds. The van der Waals surface area contributed by atoms with E-state index >= 15 is 0 Å². The predicted molar refractivity (Wildman–Crippen MR) is 55.9 cm³/mol. The number of ether oxygens (including phenoxy) is 1. The highest BCUT2D eigenvalue weighted by molar-refractivity contribution is 9.10. The first-order valence-electron chi connectivity index (χ1n) is 3.79. The van der Waals surface area contributed by atoms with Crippen molar-refractivity contribution in [3.05, 3.63) is 32.3 Å². The summed E-state index contributed by atoms with van der Waals surface area (Å²) in [4.78, 5) is 21.1. The van der Waals surface area contributed by atoms with Crippen LogP contribution in [0.4, 0.5) is 5.69 Å². The normalized spacial score (nSPS) is 9.73. The number of halogens is 1. The number of methoxy groups -OCH3 is 1. The van der Waals surface area contributed by atoms with Gasteiger partial charge >= 0.3 is 5.69 Å². The minimum Gasteiger partial charge on any atom is -0.490 e. The molecule has 0 aliphatic carbocycles. The Hall–Kier alpha value is -1.63. The average Bonchev–Trinajstić information content (AvgIpc) is 2.16. The molecule has 0 heterocycles. The van der Waals surface area contributed by atoms with E-state index in [1.807, 2.05) is 0 Å². The van der Waals surface area contributed by atoms with Gasteiger partial charge in [-0.05, 0) is 28.1 Å². The van der Waals surface area contributed by atoms with E-state index in [0.29, 0.717) is 0 Å². The van der Waals surface area contributed by atoms with Crippen LogP contribution < -0.4 is 10.5 Å². The van der Waals surface area contributed by atoms with Crippen LogP contribution in [0.5, 0.6) is 5.75 Å². The van der Waals surface area contributed by atoms with E-state index in [1.165, 1.54) is 19.2 Å². The maximum atomic E-state index is 11.0. The zero-order chi connectivity index (χ0) is 11.6. The molecule has 0 aromatic heterocycles. The number of nitro groups is 1. The first kappa shape index (κ1) is 11.4. The summed E-state index contributed by atoms with van der Waals surface area (Å²) in [5.41, 5.74) is 4.42. The van der Waals surface area contributed by atoms with E-state index in [9.17, 15) is 14.9 Å². The maximum Gasteiger partial charge on any atom is 0.324 e. The molecule has 0 saturated carbocycles. The number of nitro benzene ring substituents is 1. The number of benzene rings is 1. The van der Waals surface area contributed by atoms with Gasteiger partial charge in [0.15, 0.2) is 5.75 Å². The average molecular weight is 275 g/mol. The molecule has 0 radical (unpaired) electrons. The molecular weight excluding hydrogens is 268 g/mol. The number of hydrogen-bond acceptors (Lipinski definition) is 4. The third-order valence-corrected chi connectivity index (χ3v) is 2.40. The van der Waals surface area contributed by atoms with Gasteiger partial charge in [0.2, 0.25) is 0 Å². The Kier molecular flexibility index (Phi) is 3.25. The number of rotatable bonds is 3. The van der Waals surface area contributed by atoms with E-state index in [1.54, 1.807) is 0 Å². The Morgan fingerprint density at radius 2 is 2.20 bits per heavy atom. The molecule has 0 spiro atoms. The van der Waals surface area contributed by atoms with Crippen LogP contribution in [-0.2, 0) is 0 Å². The maximum absolute atomic E-state index is 11.0. The SMILES string of the molecule is COc1ccc(Br)c(C(N)=O)c1[N+](=O)[O-]. The molecule has 2 N–H and O–H groups in total. The summed E-state index contributed by atoms with van der Waals surface area (Å²) in [5.74, 6) is -0.885. The summed E-state index contributed by atoms with van der Waals surface area (Å²) >= 11 is 3.02. The van der Waals surface area contributed by atoms with E-state index < -0.39 is 16.5 Å². The van der Waals surface area contributed by atoms with Crippen molar-refractivity contribution < 1.29 is 14.5 Å². The fraction of sp³-hybridized carbons (Fsp3) is 0.125. The number of carbonyl (C=O) groups is 1. The lowest BCUT2D eigenvalue weighted by molar-refractivity contribution is -0.386. The van der Waals surface area contributed by atoms with Crippen LogP contribution >= 0.6 is 15.9 Å². The Labute approximate surface area is 93.3 Å². The second-order valence-corrected chi connectivity index (χ2v) is 3.45. The number of primary amides is 1. The van der Waals surface area contributed by atoms with Crippen molar-refractivity contribution in [1.29, 1.82) is 0 Å². The zero-order valence-electron chi connectivity index (χ0n) is 7.69. The van der Waals surface area contributed by atoms with Crippen LogP contribution in [0.2, 0.25) is 0 Å². The number of nitrogens with two attached hydrogens (primary N) is 1. The van der Waals surface area contributed by atoms with Gasteiger partial charge in [0.05, 0.1) is 12.0 Å². The second-order valence-electron chi connectivity index (χ2n) is 2.59. The molecule has 7 heteroatoms.